The first-order chi connectivity index (χ1) is 17.9. The number of hydrogen-bond donors (Lipinski definition) is 2. The topological polar surface area (TPSA) is 97.0 Å². The van der Waals surface area contributed by atoms with Gasteiger partial charge in [-0.15, -0.1) is 0 Å². The average molecular weight is 518 g/mol. The smallest absolute Gasteiger partial charge is 0.242 e. The van der Waals surface area contributed by atoms with Crippen molar-refractivity contribution in [2.75, 3.05) is 46.1 Å². The number of amides is 3. The molecule has 1 atom stereocenters. The SMILES string of the molecule is C[C@@H]1NC(=O)C2(CCCCOCCCNC1=O)CCN(C(=O)C1(c3cccc(F)c3)CCOCC1)CC2. The molecule has 1 spiro atoms. The predicted octanol–water partition coefficient (Wildman–Crippen LogP) is 2.69. The Hall–Kier alpha value is -2.52. The summed E-state index contributed by atoms with van der Waals surface area (Å²) in [5.41, 5.74) is -0.770. The largest absolute Gasteiger partial charge is 0.381 e. The highest BCUT2D eigenvalue weighted by molar-refractivity contribution is 5.91. The molecular formula is C28H40FN3O5. The summed E-state index contributed by atoms with van der Waals surface area (Å²) in [6.45, 7) is 5.23. The van der Waals surface area contributed by atoms with E-state index in [2.05, 4.69) is 10.6 Å². The lowest BCUT2D eigenvalue weighted by Gasteiger charge is -2.45. The van der Waals surface area contributed by atoms with Gasteiger partial charge in [0.15, 0.2) is 0 Å². The van der Waals surface area contributed by atoms with Crippen LogP contribution in [0.4, 0.5) is 4.39 Å². The number of ether oxygens (including phenoxy) is 2. The van der Waals surface area contributed by atoms with Crippen molar-refractivity contribution < 1.29 is 28.2 Å². The number of hydrogen-bond acceptors (Lipinski definition) is 5. The van der Waals surface area contributed by atoms with Gasteiger partial charge in [0.05, 0.1) is 10.8 Å². The van der Waals surface area contributed by atoms with Gasteiger partial charge < -0.3 is 25.0 Å². The second kappa shape index (κ2) is 12.3. The van der Waals surface area contributed by atoms with Crippen molar-refractivity contribution in [1.29, 1.82) is 0 Å². The Labute approximate surface area is 218 Å². The van der Waals surface area contributed by atoms with E-state index in [0.717, 1.165) is 19.3 Å². The fourth-order valence-corrected chi connectivity index (χ4v) is 5.89. The van der Waals surface area contributed by atoms with E-state index in [-0.39, 0.29) is 23.5 Å². The van der Waals surface area contributed by atoms with Crippen LogP contribution in [-0.4, -0.2) is 74.7 Å². The van der Waals surface area contributed by atoms with E-state index in [4.69, 9.17) is 9.47 Å². The van der Waals surface area contributed by atoms with Crippen LogP contribution in [0.15, 0.2) is 24.3 Å². The predicted molar refractivity (Wildman–Crippen MR) is 136 cm³/mol. The van der Waals surface area contributed by atoms with Gasteiger partial charge >= 0.3 is 0 Å². The van der Waals surface area contributed by atoms with Gasteiger partial charge in [0.1, 0.15) is 11.9 Å². The molecule has 3 heterocycles. The molecule has 2 N–H and O–H groups in total. The van der Waals surface area contributed by atoms with Gasteiger partial charge in [0.2, 0.25) is 17.7 Å². The fourth-order valence-electron chi connectivity index (χ4n) is 5.89. The summed E-state index contributed by atoms with van der Waals surface area (Å²) in [5.74, 6) is -0.693. The van der Waals surface area contributed by atoms with Crippen LogP contribution >= 0.6 is 0 Å². The number of nitrogens with one attached hydrogen (secondary N) is 2. The van der Waals surface area contributed by atoms with Gasteiger partial charge in [-0.3, -0.25) is 14.4 Å². The van der Waals surface area contributed by atoms with Gasteiger partial charge in [-0.2, -0.15) is 0 Å². The minimum Gasteiger partial charge on any atom is -0.381 e. The molecule has 0 saturated carbocycles. The molecule has 8 nitrogen and oxygen atoms in total. The third kappa shape index (κ3) is 6.32. The van der Waals surface area contributed by atoms with E-state index in [1.54, 1.807) is 13.0 Å². The summed E-state index contributed by atoms with van der Waals surface area (Å²) >= 11 is 0. The molecule has 0 bridgehead atoms. The number of likely N-dealkylation sites (tertiary alicyclic amines) is 1. The van der Waals surface area contributed by atoms with Gasteiger partial charge in [0, 0.05) is 46.1 Å². The fraction of sp³-hybridized carbons (Fsp3) is 0.679. The molecule has 1 aromatic carbocycles. The molecule has 204 valence electrons. The van der Waals surface area contributed by atoms with Gasteiger partial charge in [0.25, 0.3) is 0 Å². The molecular weight excluding hydrogens is 477 g/mol. The number of carbonyl (C=O) groups excluding carboxylic acids is 3. The van der Waals surface area contributed by atoms with Crippen LogP contribution in [0.25, 0.3) is 0 Å². The van der Waals surface area contributed by atoms with E-state index < -0.39 is 16.9 Å². The molecule has 9 heteroatoms. The average Bonchev–Trinajstić information content (AvgIpc) is 2.91. The quantitative estimate of drug-likeness (QED) is 0.629. The normalized spacial score (nSPS) is 25.6. The molecule has 3 aliphatic heterocycles. The van der Waals surface area contributed by atoms with E-state index in [1.807, 2.05) is 11.0 Å². The van der Waals surface area contributed by atoms with Crippen LogP contribution < -0.4 is 10.6 Å². The van der Waals surface area contributed by atoms with Gasteiger partial charge in [-0.05, 0) is 69.6 Å². The third-order valence-corrected chi connectivity index (χ3v) is 8.32. The van der Waals surface area contributed by atoms with Crippen molar-refractivity contribution in [3.8, 4) is 0 Å². The number of piperidine rings is 1. The summed E-state index contributed by atoms with van der Waals surface area (Å²) in [6.07, 6.45) is 5.18. The Bertz CT molecular complexity index is 957. The van der Waals surface area contributed by atoms with E-state index >= 15 is 0 Å². The molecule has 0 unspecified atom stereocenters. The highest BCUT2D eigenvalue weighted by Gasteiger charge is 2.48. The molecule has 3 saturated heterocycles. The number of carbonyl (C=O) groups is 3. The molecule has 3 aliphatic rings. The van der Waals surface area contributed by atoms with Gasteiger partial charge in [-0.1, -0.05) is 18.6 Å². The maximum atomic E-state index is 14.1. The number of nitrogens with zero attached hydrogens (tertiary/aromatic N) is 1. The van der Waals surface area contributed by atoms with Crippen molar-refractivity contribution in [1.82, 2.24) is 15.5 Å². The Morgan fingerprint density at radius 2 is 1.68 bits per heavy atom. The van der Waals surface area contributed by atoms with Crippen molar-refractivity contribution in [3.63, 3.8) is 0 Å². The van der Waals surface area contributed by atoms with Crippen molar-refractivity contribution in [3.05, 3.63) is 35.6 Å². The number of rotatable bonds is 2. The van der Waals surface area contributed by atoms with E-state index in [0.29, 0.717) is 83.7 Å². The lowest BCUT2D eigenvalue weighted by Crippen LogP contribution is -2.57. The highest BCUT2D eigenvalue weighted by atomic mass is 19.1. The zero-order valence-corrected chi connectivity index (χ0v) is 21.9. The second-order valence-corrected chi connectivity index (χ2v) is 10.7. The Morgan fingerprint density at radius 1 is 0.973 bits per heavy atom. The molecule has 0 aromatic heterocycles. The zero-order valence-electron chi connectivity index (χ0n) is 21.9. The summed E-state index contributed by atoms with van der Waals surface area (Å²) in [6, 6.07) is 5.71. The van der Waals surface area contributed by atoms with Crippen molar-refractivity contribution in [2.24, 2.45) is 5.41 Å². The summed E-state index contributed by atoms with van der Waals surface area (Å²) in [4.78, 5) is 41.8. The number of benzene rings is 1. The van der Waals surface area contributed by atoms with Gasteiger partial charge in [-0.25, -0.2) is 4.39 Å². The Balaban J connectivity index is 1.49. The standard InChI is InChI=1S/C28H40FN3O5/c1-21-24(33)30-13-5-17-36-16-3-2-8-27(25(34)31-21)9-14-32(15-10-27)26(35)28(11-18-37-19-12-28)22-6-4-7-23(29)20-22/h4,6-7,20-21H,2-3,5,8-19H2,1H3,(H,30,33)(H,31,34)/t21-/m0/s1. The first-order valence-corrected chi connectivity index (χ1v) is 13.7. The van der Waals surface area contributed by atoms with Crippen LogP contribution in [0, 0.1) is 11.2 Å². The Kier molecular flexibility index (Phi) is 9.18. The minimum absolute atomic E-state index is 0.0151. The summed E-state index contributed by atoms with van der Waals surface area (Å²) in [7, 11) is 0. The molecule has 4 rings (SSSR count). The maximum Gasteiger partial charge on any atom is 0.242 e. The molecule has 0 radical (unpaired) electrons. The Morgan fingerprint density at radius 3 is 2.41 bits per heavy atom. The molecule has 3 amide bonds. The maximum absolute atomic E-state index is 14.1. The zero-order chi connectivity index (χ0) is 26.3. The van der Waals surface area contributed by atoms with Crippen molar-refractivity contribution >= 4 is 17.7 Å². The number of halogens is 1. The highest BCUT2D eigenvalue weighted by Crippen LogP contribution is 2.41. The lowest BCUT2D eigenvalue weighted by molar-refractivity contribution is -0.148. The molecule has 37 heavy (non-hydrogen) atoms. The second-order valence-electron chi connectivity index (χ2n) is 10.7. The minimum atomic E-state index is -0.819. The van der Waals surface area contributed by atoms with Crippen LogP contribution in [0.3, 0.4) is 0 Å². The van der Waals surface area contributed by atoms with Crippen LogP contribution in [-0.2, 0) is 29.3 Å². The first kappa shape index (κ1) is 27.5. The molecule has 0 aliphatic carbocycles. The van der Waals surface area contributed by atoms with E-state index in [9.17, 15) is 18.8 Å². The third-order valence-electron chi connectivity index (χ3n) is 8.32. The molecule has 3 fully saturated rings. The monoisotopic (exact) mass is 517 g/mol. The van der Waals surface area contributed by atoms with E-state index in [1.165, 1.54) is 12.1 Å². The lowest BCUT2D eigenvalue weighted by atomic mass is 9.70. The summed E-state index contributed by atoms with van der Waals surface area (Å²) < 4.78 is 25.4. The molecule has 1 aromatic rings. The van der Waals surface area contributed by atoms with Crippen LogP contribution in [0.1, 0.15) is 63.9 Å². The van der Waals surface area contributed by atoms with Crippen LogP contribution in [0.2, 0.25) is 0 Å². The van der Waals surface area contributed by atoms with Crippen molar-refractivity contribution in [2.45, 2.75) is 69.7 Å². The first-order valence-electron chi connectivity index (χ1n) is 13.7. The summed E-state index contributed by atoms with van der Waals surface area (Å²) in [5, 5.41) is 5.80. The van der Waals surface area contributed by atoms with Crippen LogP contribution in [0.5, 0.6) is 0 Å².